The molecule has 31 heavy (non-hydrogen) atoms. The number of carbonyl (C=O) groups excluding carboxylic acids is 1. The average Bonchev–Trinajstić information content (AvgIpc) is 2.99. The fourth-order valence-electron chi connectivity index (χ4n) is 3.51. The SMILES string of the molecule is CC1(O)OC(=O)C(C=Cc2cccc(F)c2)=C1c1ccccc1OCc1ccccc1. The number of esters is 1. The Bertz CT molecular complexity index is 1160. The molecule has 1 heterocycles. The van der Waals surface area contributed by atoms with Gasteiger partial charge in [0.1, 0.15) is 18.2 Å². The highest BCUT2D eigenvalue weighted by molar-refractivity contribution is 6.07. The van der Waals surface area contributed by atoms with Crippen LogP contribution in [0.3, 0.4) is 0 Å². The van der Waals surface area contributed by atoms with E-state index in [1.165, 1.54) is 25.1 Å². The smallest absolute Gasteiger partial charge is 0.341 e. The summed E-state index contributed by atoms with van der Waals surface area (Å²) in [6, 6.07) is 22.8. The third-order valence-electron chi connectivity index (χ3n) is 4.93. The van der Waals surface area contributed by atoms with E-state index in [0.717, 1.165) is 5.56 Å². The quantitative estimate of drug-likeness (QED) is 0.566. The van der Waals surface area contributed by atoms with Crippen LogP contribution in [0.15, 0.2) is 90.5 Å². The summed E-state index contributed by atoms with van der Waals surface area (Å²) < 4.78 is 24.7. The number of para-hydroxylation sites is 1. The molecule has 0 spiro atoms. The van der Waals surface area contributed by atoms with E-state index < -0.39 is 11.8 Å². The van der Waals surface area contributed by atoms with E-state index in [9.17, 15) is 14.3 Å². The molecule has 0 radical (unpaired) electrons. The summed E-state index contributed by atoms with van der Waals surface area (Å²) in [5.41, 5.74) is 2.61. The van der Waals surface area contributed by atoms with E-state index >= 15 is 0 Å². The van der Waals surface area contributed by atoms with Crippen molar-refractivity contribution in [2.24, 2.45) is 0 Å². The number of benzene rings is 3. The molecule has 1 atom stereocenters. The van der Waals surface area contributed by atoms with Crippen LogP contribution in [0.4, 0.5) is 4.39 Å². The Morgan fingerprint density at radius 1 is 1.00 bits per heavy atom. The second kappa shape index (κ2) is 8.58. The highest BCUT2D eigenvalue weighted by atomic mass is 19.1. The van der Waals surface area contributed by atoms with Crippen LogP contribution in [0.1, 0.15) is 23.6 Å². The van der Waals surface area contributed by atoms with Gasteiger partial charge in [-0.2, -0.15) is 0 Å². The van der Waals surface area contributed by atoms with E-state index in [0.29, 0.717) is 29.1 Å². The zero-order valence-corrected chi connectivity index (χ0v) is 16.9. The lowest BCUT2D eigenvalue weighted by Gasteiger charge is -2.21. The number of rotatable bonds is 6. The standard InChI is InChI=1S/C26H21FO4/c1-26(29)24(22(25(28)31-26)15-14-18-10-7-11-20(27)16-18)21-12-5-6-13-23(21)30-17-19-8-3-2-4-9-19/h2-16,29H,17H2,1H3. The van der Waals surface area contributed by atoms with Gasteiger partial charge in [-0.05, 0) is 35.4 Å². The van der Waals surface area contributed by atoms with Crippen molar-refractivity contribution in [3.05, 3.63) is 113 Å². The van der Waals surface area contributed by atoms with Crippen LogP contribution in [-0.2, 0) is 16.1 Å². The number of aliphatic hydroxyl groups is 1. The van der Waals surface area contributed by atoms with Crippen molar-refractivity contribution in [3.63, 3.8) is 0 Å². The van der Waals surface area contributed by atoms with Gasteiger partial charge in [0.2, 0.25) is 5.79 Å². The summed E-state index contributed by atoms with van der Waals surface area (Å²) in [5.74, 6) is -2.36. The molecule has 1 aliphatic heterocycles. The molecule has 0 saturated carbocycles. The molecule has 0 fully saturated rings. The minimum atomic E-state index is -1.83. The number of carbonyl (C=O) groups is 1. The van der Waals surface area contributed by atoms with Crippen LogP contribution >= 0.6 is 0 Å². The van der Waals surface area contributed by atoms with Crippen molar-refractivity contribution in [2.75, 3.05) is 0 Å². The first-order valence-electron chi connectivity index (χ1n) is 9.84. The highest BCUT2D eigenvalue weighted by Gasteiger charge is 2.43. The van der Waals surface area contributed by atoms with Gasteiger partial charge in [0.15, 0.2) is 0 Å². The summed E-state index contributed by atoms with van der Waals surface area (Å²) >= 11 is 0. The van der Waals surface area contributed by atoms with Gasteiger partial charge in [0, 0.05) is 18.1 Å². The first kappa shape index (κ1) is 20.6. The van der Waals surface area contributed by atoms with Crippen molar-refractivity contribution in [2.45, 2.75) is 19.3 Å². The van der Waals surface area contributed by atoms with Crippen molar-refractivity contribution in [1.82, 2.24) is 0 Å². The molecule has 0 bridgehead atoms. The predicted octanol–water partition coefficient (Wildman–Crippen LogP) is 5.14. The zero-order valence-electron chi connectivity index (χ0n) is 16.9. The predicted molar refractivity (Wildman–Crippen MR) is 116 cm³/mol. The van der Waals surface area contributed by atoms with Crippen LogP contribution in [0.25, 0.3) is 11.6 Å². The maximum Gasteiger partial charge on any atom is 0.341 e. The van der Waals surface area contributed by atoms with Gasteiger partial charge in [0.05, 0.1) is 5.57 Å². The lowest BCUT2D eigenvalue weighted by molar-refractivity contribution is -0.170. The minimum Gasteiger partial charge on any atom is -0.488 e. The lowest BCUT2D eigenvalue weighted by Crippen LogP contribution is -2.26. The Balaban J connectivity index is 1.73. The van der Waals surface area contributed by atoms with Crippen molar-refractivity contribution >= 4 is 17.6 Å². The summed E-state index contributed by atoms with van der Waals surface area (Å²) in [6.45, 7) is 1.74. The largest absolute Gasteiger partial charge is 0.488 e. The first-order chi connectivity index (χ1) is 14.9. The minimum absolute atomic E-state index is 0.185. The number of hydrogen-bond donors (Lipinski definition) is 1. The monoisotopic (exact) mass is 416 g/mol. The van der Waals surface area contributed by atoms with Crippen molar-refractivity contribution in [1.29, 1.82) is 0 Å². The molecule has 156 valence electrons. The normalized spacial score (nSPS) is 18.5. The lowest BCUT2D eigenvalue weighted by atomic mass is 9.94. The van der Waals surface area contributed by atoms with Crippen LogP contribution in [0, 0.1) is 5.82 Å². The Morgan fingerprint density at radius 3 is 2.52 bits per heavy atom. The molecule has 1 N–H and O–H groups in total. The van der Waals surface area contributed by atoms with Gasteiger partial charge < -0.3 is 14.6 Å². The second-order valence-electron chi connectivity index (χ2n) is 7.32. The summed E-state index contributed by atoms with van der Waals surface area (Å²) in [4.78, 5) is 12.5. The van der Waals surface area contributed by atoms with E-state index in [2.05, 4.69) is 0 Å². The molecule has 5 heteroatoms. The third-order valence-corrected chi connectivity index (χ3v) is 4.93. The molecule has 3 aromatic carbocycles. The zero-order chi connectivity index (χ0) is 21.8. The van der Waals surface area contributed by atoms with Gasteiger partial charge in [-0.15, -0.1) is 0 Å². The topological polar surface area (TPSA) is 55.8 Å². The number of halogens is 1. The van der Waals surface area contributed by atoms with Gasteiger partial charge in [-0.3, -0.25) is 0 Å². The Kier molecular flexibility index (Phi) is 5.69. The molecule has 0 aliphatic carbocycles. The first-order valence-corrected chi connectivity index (χ1v) is 9.84. The number of ether oxygens (including phenoxy) is 2. The van der Waals surface area contributed by atoms with Crippen LogP contribution < -0.4 is 4.74 Å². The number of hydrogen-bond acceptors (Lipinski definition) is 4. The summed E-state index contributed by atoms with van der Waals surface area (Å²) in [6.07, 6.45) is 3.14. The summed E-state index contributed by atoms with van der Waals surface area (Å²) in [5, 5.41) is 10.8. The van der Waals surface area contributed by atoms with Crippen LogP contribution in [-0.4, -0.2) is 16.9 Å². The average molecular weight is 416 g/mol. The number of cyclic esters (lactones) is 1. The molecule has 4 nitrogen and oxygen atoms in total. The van der Waals surface area contributed by atoms with Gasteiger partial charge >= 0.3 is 5.97 Å². The third kappa shape index (κ3) is 4.57. The van der Waals surface area contributed by atoms with E-state index in [-0.39, 0.29) is 11.4 Å². The molecule has 0 amide bonds. The Labute approximate surface area is 179 Å². The highest BCUT2D eigenvalue weighted by Crippen LogP contribution is 2.42. The molecule has 1 unspecified atom stereocenters. The van der Waals surface area contributed by atoms with Gasteiger partial charge in [0.25, 0.3) is 0 Å². The van der Waals surface area contributed by atoms with Gasteiger partial charge in [-0.25, -0.2) is 9.18 Å². The molecule has 0 saturated heterocycles. The van der Waals surface area contributed by atoms with E-state index in [1.54, 1.807) is 36.4 Å². The molecule has 0 aromatic heterocycles. The second-order valence-corrected chi connectivity index (χ2v) is 7.32. The molecular weight excluding hydrogens is 395 g/mol. The van der Waals surface area contributed by atoms with E-state index in [4.69, 9.17) is 9.47 Å². The molecule has 3 aromatic rings. The van der Waals surface area contributed by atoms with E-state index in [1.807, 2.05) is 36.4 Å². The molecule has 1 aliphatic rings. The fourth-order valence-corrected chi connectivity index (χ4v) is 3.51. The maximum absolute atomic E-state index is 13.5. The van der Waals surface area contributed by atoms with Crippen LogP contribution in [0.2, 0.25) is 0 Å². The molecule has 4 rings (SSSR count). The Hall–Kier alpha value is -3.70. The van der Waals surface area contributed by atoms with Crippen molar-refractivity contribution in [3.8, 4) is 5.75 Å². The summed E-state index contributed by atoms with van der Waals surface area (Å²) in [7, 11) is 0. The van der Waals surface area contributed by atoms with Crippen LogP contribution in [0.5, 0.6) is 5.75 Å². The van der Waals surface area contributed by atoms with Gasteiger partial charge in [-0.1, -0.05) is 66.7 Å². The maximum atomic E-state index is 13.5. The molecular formula is C26H21FO4. The fraction of sp³-hybridized carbons (Fsp3) is 0.115. The van der Waals surface area contributed by atoms with Crippen molar-refractivity contribution < 1.29 is 23.8 Å². The Morgan fingerprint density at radius 2 is 1.74 bits per heavy atom.